The van der Waals surface area contributed by atoms with Crippen molar-refractivity contribution in [3.63, 3.8) is 0 Å². The smallest absolute Gasteiger partial charge is 0.222 e. The number of carbonyl (C=O) groups excluding carboxylic acids is 1. The number of benzene rings is 1. The highest BCUT2D eigenvalue weighted by atomic mass is 16.2. The zero-order chi connectivity index (χ0) is 20.9. The fourth-order valence-corrected chi connectivity index (χ4v) is 4.76. The van der Waals surface area contributed by atoms with E-state index in [2.05, 4.69) is 64.7 Å². The molecule has 4 rings (SSSR count). The molecule has 162 valence electrons. The van der Waals surface area contributed by atoms with Crippen LogP contribution in [0.3, 0.4) is 0 Å². The minimum Gasteiger partial charge on any atom is -0.369 e. The summed E-state index contributed by atoms with van der Waals surface area (Å²) in [7, 11) is 2.14. The molecular formula is C25H36N4O. The highest BCUT2D eigenvalue weighted by molar-refractivity contribution is 5.78. The number of nitrogens with zero attached hydrogens (tertiary/aromatic N) is 4. The Labute approximate surface area is 181 Å². The maximum absolute atomic E-state index is 11.9. The minimum atomic E-state index is 0.299. The van der Waals surface area contributed by atoms with Crippen LogP contribution in [0.5, 0.6) is 0 Å². The average molecular weight is 409 g/mol. The summed E-state index contributed by atoms with van der Waals surface area (Å²) in [5.41, 5.74) is 5.51. The molecule has 2 aliphatic heterocycles. The molecule has 0 N–H and O–H groups in total. The monoisotopic (exact) mass is 408 g/mol. The molecule has 30 heavy (non-hydrogen) atoms. The Bertz CT molecular complexity index is 851. The molecule has 2 aromatic rings. The van der Waals surface area contributed by atoms with Crippen LogP contribution in [0.1, 0.15) is 49.6 Å². The number of hydrogen-bond acceptors (Lipinski definition) is 3. The van der Waals surface area contributed by atoms with E-state index < -0.39 is 0 Å². The summed E-state index contributed by atoms with van der Waals surface area (Å²) >= 11 is 0. The summed E-state index contributed by atoms with van der Waals surface area (Å²) in [6.07, 6.45) is 5.39. The average Bonchev–Trinajstić information content (AvgIpc) is 3.33. The molecule has 0 saturated carbocycles. The van der Waals surface area contributed by atoms with Crippen molar-refractivity contribution in [3.8, 4) is 0 Å². The van der Waals surface area contributed by atoms with E-state index in [1.54, 1.807) is 0 Å². The molecule has 5 nitrogen and oxygen atoms in total. The highest BCUT2D eigenvalue weighted by Crippen LogP contribution is 2.24. The molecule has 2 aliphatic rings. The number of likely N-dealkylation sites (tertiary alicyclic amines) is 1. The Morgan fingerprint density at radius 1 is 0.900 bits per heavy atom. The van der Waals surface area contributed by atoms with E-state index in [0.717, 1.165) is 52.2 Å². The first kappa shape index (κ1) is 21.0. The van der Waals surface area contributed by atoms with Gasteiger partial charge in [0.15, 0.2) is 0 Å². The summed E-state index contributed by atoms with van der Waals surface area (Å²) < 4.78 is 2.29. The molecule has 0 bridgehead atoms. The number of carbonyl (C=O) groups is 1. The number of aryl methyl sites for hydroxylation is 1. The van der Waals surface area contributed by atoms with Gasteiger partial charge in [-0.1, -0.05) is 31.5 Å². The lowest BCUT2D eigenvalue weighted by Crippen LogP contribution is -2.46. The van der Waals surface area contributed by atoms with E-state index >= 15 is 0 Å². The van der Waals surface area contributed by atoms with Gasteiger partial charge in [-0.2, -0.15) is 0 Å². The number of aromatic nitrogens is 1. The van der Waals surface area contributed by atoms with Crippen LogP contribution in [0, 0.1) is 0 Å². The quantitative estimate of drug-likeness (QED) is 0.666. The summed E-state index contributed by atoms with van der Waals surface area (Å²) in [5.74, 6) is 0.299. The number of piperazine rings is 1. The van der Waals surface area contributed by atoms with Gasteiger partial charge in [-0.25, -0.2) is 0 Å². The number of unbranched alkanes of at least 4 members (excludes halogenated alkanes) is 1. The van der Waals surface area contributed by atoms with Crippen molar-refractivity contribution in [2.45, 2.75) is 52.1 Å². The molecule has 1 aromatic carbocycles. The normalized spacial score (nSPS) is 17.9. The summed E-state index contributed by atoms with van der Waals surface area (Å²) in [5, 5.41) is 0. The zero-order valence-corrected chi connectivity index (χ0v) is 18.6. The molecule has 1 aromatic heterocycles. The van der Waals surface area contributed by atoms with Crippen molar-refractivity contribution in [2.24, 2.45) is 7.05 Å². The third-order valence-electron chi connectivity index (χ3n) is 6.74. The standard InChI is InChI=1S/C25H36N4O/c1-3-4-8-21-9-5-6-10-24(21)28-17-15-27(16-18-28)19-22-12-13-23(26(22)2)20-29-14-7-11-25(29)30/h5-6,9-10,12-13H,3-4,7-8,11,14-20H2,1-2H3. The largest absolute Gasteiger partial charge is 0.369 e. The highest BCUT2D eigenvalue weighted by Gasteiger charge is 2.23. The fraction of sp³-hybridized carbons (Fsp3) is 0.560. The van der Waals surface area contributed by atoms with Gasteiger partial charge in [0, 0.05) is 69.8 Å². The van der Waals surface area contributed by atoms with E-state index in [0.29, 0.717) is 12.3 Å². The van der Waals surface area contributed by atoms with Crippen LogP contribution in [0.25, 0.3) is 0 Å². The van der Waals surface area contributed by atoms with Crippen molar-refractivity contribution < 1.29 is 4.79 Å². The second-order valence-electron chi connectivity index (χ2n) is 8.79. The maximum atomic E-state index is 11.9. The van der Waals surface area contributed by atoms with Crippen molar-refractivity contribution in [1.82, 2.24) is 14.4 Å². The molecular weight excluding hydrogens is 372 g/mol. The molecule has 0 aliphatic carbocycles. The van der Waals surface area contributed by atoms with Crippen LogP contribution in [0.15, 0.2) is 36.4 Å². The Morgan fingerprint density at radius 3 is 2.33 bits per heavy atom. The minimum absolute atomic E-state index is 0.299. The molecule has 3 heterocycles. The fourth-order valence-electron chi connectivity index (χ4n) is 4.76. The lowest BCUT2D eigenvalue weighted by atomic mass is 10.0. The second-order valence-corrected chi connectivity index (χ2v) is 8.79. The van der Waals surface area contributed by atoms with E-state index in [-0.39, 0.29) is 0 Å². The van der Waals surface area contributed by atoms with Crippen LogP contribution in [-0.4, -0.2) is 53.0 Å². The van der Waals surface area contributed by atoms with Crippen molar-refractivity contribution >= 4 is 11.6 Å². The van der Waals surface area contributed by atoms with Crippen LogP contribution >= 0.6 is 0 Å². The lowest BCUT2D eigenvalue weighted by molar-refractivity contribution is -0.128. The Kier molecular flexibility index (Phi) is 6.78. The van der Waals surface area contributed by atoms with Gasteiger partial charge in [-0.3, -0.25) is 9.69 Å². The molecule has 5 heteroatoms. The number of hydrogen-bond donors (Lipinski definition) is 0. The number of rotatable bonds is 8. The Balaban J connectivity index is 1.33. The molecule has 2 fully saturated rings. The molecule has 0 unspecified atom stereocenters. The number of para-hydroxylation sites is 1. The van der Waals surface area contributed by atoms with E-state index in [9.17, 15) is 4.79 Å². The predicted octanol–water partition coefficient (Wildman–Crippen LogP) is 3.81. The van der Waals surface area contributed by atoms with E-state index in [1.165, 1.54) is 41.9 Å². The second kappa shape index (κ2) is 9.69. The Hall–Kier alpha value is -2.27. The van der Waals surface area contributed by atoms with Gasteiger partial charge in [0.25, 0.3) is 0 Å². The van der Waals surface area contributed by atoms with Gasteiger partial charge >= 0.3 is 0 Å². The van der Waals surface area contributed by atoms with Crippen molar-refractivity contribution in [2.75, 3.05) is 37.6 Å². The molecule has 1 amide bonds. The van der Waals surface area contributed by atoms with Crippen LogP contribution in [0.2, 0.25) is 0 Å². The number of anilines is 1. The van der Waals surface area contributed by atoms with Gasteiger partial charge in [-0.05, 0) is 43.0 Å². The first-order valence-electron chi connectivity index (χ1n) is 11.6. The third-order valence-corrected chi connectivity index (χ3v) is 6.74. The van der Waals surface area contributed by atoms with Crippen LogP contribution in [0.4, 0.5) is 5.69 Å². The number of amides is 1. The molecule has 2 saturated heterocycles. The summed E-state index contributed by atoms with van der Waals surface area (Å²) in [4.78, 5) is 19.1. The third kappa shape index (κ3) is 4.72. The van der Waals surface area contributed by atoms with Gasteiger partial charge in [0.1, 0.15) is 0 Å². The van der Waals surface area contributed by atoms with E-state index in [1.807, 2.05) is 4.90 Å². The van der Waals surface area contributed by atoms with Crippen molar-refractivity contribution in [3.05, 3.63) is 53.3 Å². The first-order valence-corrected chi connectivity index (χ1v) is 11.6. The van der Waals surface area contributed by atoms with Crippen LogP contribution in [-0.2, 0) is 31.4 Å². The first-order chi connectivity index (χ1) is 14.7. The van der Waals surface area contributed by atoms with Gasteiger partial charge < -0.3 is 14.4 Å². The maximum Gasteiger partial charge on any atom is 0.222 e. The van der Waals surface area contributed by atoms with Crippen molar-refractivity contribution in [1.29, 1.82) is 0 Å². The van der Waals surface area contributed by atoms with E-state index in [4.69, 9.17) is 0 Å². The summed E-state index contributed by atoms with van der Waals surface area (Å²) in [6.45, 7) is 9.25. The lowest BCUT2D eigenvalue weighted by Gasteiger charge is -2.37. The predicted molar refractivity (Wildman–Crippen MR) is 123 cm³/mol. The Morgan fingerprint density at radius 2 is 1.63 bits per heavy atom. The molecule has 0 atom stereocenters. The molecule has 0 spiro atoms. The zero-order valence-electron chi connectivity index (χ0n) is 18.6. The van der Waals surface area contributed by atoms with Gasteiger partial charge in [-0.15, -0.1) is 0 Å². The van der Waals surface area contributed by atoms with Gasteiger partial charge in [0.2, 0.25) is 5.91 Å². The van der Waals surface area contributed by atoms with Gasteiger partial charge in [0.05, 0.1) is 6.54 Å². The molecule has 0 radical (unpaired) electrons. The topological polar surface area (TPSA) is 31.7 Å². The SMILES string of the molecule is CCCCc1ccccc1N1CCN(Cc2ccc(CN3CCCC3=O)n2C)CC1. The summed E-state index contributed by atoms with van der Waals surface area (Å²) in [6, 6.07) is 13.4. The van der Waals surface area contributed by atoms with Crippen LogP contribution < -0.4 is 4.90 Å².